The zero-order valence-electron chi connectivity index (χ0n) is 16.9. The lowest BCUT2D eigenvalue weighted by molar-refractivity contribution is -0.147. The van der Waals surface area contributed by atoms with Crippen molar-refractivity contribution in [1.82, 2.24) is 0 Å². The number of fused-ring (bicyclic) bond motifs is 3. The van der Waals surface area contributed by atoms with Gasteiger partial charge in [-0.2, -0.15) is 0 Å². The van der Waals surface area contributed by atoms with Crippen LogP contribution in [0.4, 0.5) is 0 Å². The number of rotatable bonds is 4. The van der Waals surface area contributed by atoms with E-state index < -0.39 is 0 Å². The van der Waals surface area contributed by atoms with Crippen LogP contribution in [0.15, 0.2) is 53.0 Å². The van der Waals surface area contributed by atoms with E-state index in [2.05, 4.69) is 42.5 Å². The minimum atomic E-state index is -0.193. The molecule has 0 radical (unpaired) electrons. The molecule has 29 heavy (non-hydrogen) atoms. The van der Waals surface area contributed by atoms with Crippen LogP contribution in [-0.4, -0.2) is 5.97 Å². The van der Waals surface area contributed by atoms with Crippen molar-refractivity contribution < 1.29 is 9.53 Å². The zero-order valence-corrected chi connectivity index (χ0v) is 18.4. The molecule has 2 atom stereocenters. The summed E-state index contributed by atoms with van der Waals surface area (Å²) in [7, 11) is 0. The quantitative estimate of drug-likeness (QED) is 0.496. The molecule has 0 spiro atoms. The Morgan fingerprint density at radius 2 is 1.79 bits per heavy atom. The molecular formula is C25H26Cl2O2. The van der Waals surface area contributed by atoms with Crippen molar-refractivity contribution in [3.8, 4) is 11.1 Å². The largest absolute Gasteiger partial charge is 0.461 e. The Morgan fingerprint density at radius 3 is 2.59 bits per heavy atom. The topological polar surface area (TPSA) is 26.3 Å². The third kappa shape index (κ3) is 4.11. The van der Waals surface area contributed by atoms with Crippen LogP contribution >= 0.6 is 23.2 Å². The van der Waals surface area contributed by atoms with Crippen LogP contribution in [0.2, 0.25) is 0 Å². The molecule has 2 aromatic carbocycles. The molecule has 2 aliphatic rings. The van der Waals surface area contributed by atoms with Crippen LogP contribution in [-0.2, 0) is 29.0 Å². The Kier molecular flexibility index (Phi) is 5.77. The lowest BCUT2D eigenvalue weighted by Crippen LogP contribution is -2.12. The number of hydrogen-bond acceptors (Lipinski definition) is 2. The van der Waals surface area contributed by atoms with Gasteiger partial charge < -0.3 is 4.74 Å². The molecule has 1 saturated carbocycles. The second-order valence-corrected chi connectivity index (χ2v) is 9.70. The van der Waals surface area contributed by atoms with Crippen LogP contribution in [0.25, 0.3) is 11.1 Å². The van der Waals surface area contributed by atoms with Gasteiger partial charge in [-0.15, -0.1) is 0 Å². The maximum absolute atomic E-state index is 12.7. The highest BCUT2D eigenvalue weighted by Gasteiger charge is 2.61. The first-order chi connectivity index (χ1) is 13.9. The number of ether oxygens (including phenoxy) is 1. The van der Waals surface area contributed by atoms with Gasteiger partial charge in [0.1, 0.15) is 11.1 Å². The van der Waals surface area contributed by atoms with Gasteiger partial charge in [0, 0.05) is 0 Å². The van der Waals surface area contributed by atoms with Crippen LogP contribution in [0.5, 0.6) is 0 Å². The summed E-state index contributed by atoms with van der Waals surface area (Å²) < 4.78 is 5.98. The lowest BCUT2D eigenvalue weighted by atomic mass is 9.86. The molecule has 2 nitrogen and oxygen atoms in total. The van der Waals surface area contributed by atoms with Crippen molar-refractivity contribution in [2.75, 3.05) is 0 Å². The lowest BCUT2D eigenvalue weighted by Gasteiger charge is -2.20. The van der Waals surface area contributed by atoms with E-state index in [-0.39, 0.29) is 27.7 Å². The number of aryl methyl sites for hydroxylation is 1. The van der Waals surface area contributed by atoms with E-state index in [1.54, 1.807) is 6.08 Å². The van der Waals surface area contributed by atoms with E-state index in [0.717, 1.165) is 24.8 Å². The maximum atomic E-state index is 12.7. The molecule has 0 aliphatic heterocycles. The Balaban J connectivity index is 1.55. The number of hydrogen-bond donors (Lipinski definition) is 0. The van der Waals surface area contributed by atoms with Crippen molar-refractivity contribution in [1.29, 1.82) is 0 Å². The van der Waals surface area contributed by atoms with E-state index in [4.69, 9.17) is 27.9 Å². The second-order valence-electron chi connectivity index (χ2n) is 8.70. The van der Waals surface area contributed by atoms with Gasteiger partial charge in [-0.05, 0) is 70.9 Å². The highest BCUT2D eigenvalue weighted by Crippen LogP contribution is 2.60. The molecule has 4 heteroatoms. The van der Waals surface area contributed by atoms with E-state index in [1.165, 1.54) is 28.7 Å². The third-order valence-electron chi connectivity index (χ3n) is 6.54. The van der Waals surface area contributed by atoms with Gasteiger partial charge in [0.15, 0.2) is 0 Å². The maximum Gasteiger partial charge on any atom is 0.310 e. The summed E-state index contributed by atoms with van der Waals surface area (Å²) in [5.74, 6) is -0.334. The minimum absolute atomic E-state index is 0.0308. The number of halogens is 2. The van der Waals surface area contributed by atoms with Crippen molar-refractivity contribution in [3.05, 3.63) is 69.7 Å². The summed E-state index contributed by atoms with van der Waals surface area (Å²) >= 11 is 11.6. The fourth-order valence-electron chi connectivity index (χ4n) is 4.75. The van der Waals surface area contributed by atoms with Crippen molar-refractivity contribution >= 4 is 29.2 Å². The molecule has 152 valence electrons. The smallest absolute Gasteiger partial charge is 0.310 e. The Bertz CT molecular complexity index is 957. The molecule has 0 unspecified atom stereocenters. The van der Waals surface area contributed by atoms with Crippen LogP contribution in [0.1, 0.15) is 43.4 Å². The first-order valence-electron chi connectivity index (χ1n) is 10.3. The monoisotopic (exact) mass is 428 g/mol. The highest BCUT2D eigenvalue weighted by atomic mass is 35.5. The Labute approximate surface area is 182 Å². The molecule has 0 heterocycles. The molecule has 2 aromatic rings. The van der Waals surface area contributed by atoms with Gasteiger partial charge in [-0.3, -0.25) is 4.79 Å². The van der Waals surface area contributed by atoms with Crippen molar-refractivity contribution in [3.63, 3.8) is 0 Å². The molecule has 0 amide bonds. The molecule has 0 saturated heterocycles. The van der Waals surface area contributed by atoms with E-state index in [9.17, 15) is 4.79 Å². The fourth-order valence-corrected chi connectivity index (χ4v) is 5.02. The average molecular weight is 429 g/mol. The molecular weight excluding hydrogens is 403 g/mol. The van der Waals surface area contributed by atoms with Crippen LogP contribution in [0, 0.1) is 17.3 Å². The normalized spacial score (nSPS) is 21.8. The number of allylic oxidation sites excluding steroid dienone is 1. The summed E-state index contributed by atoms with van der Waals surface area (Å²) in [6.45, 7) is 4.40. The average Bonchev–Trinajstić information content (AvgIpc) is 3.21. The predicted molar refractivity (Wildman–Crippen MR) is 119 cm³/mol. The molecule has 0 N–H and O–H groups in total. The van der Waals surface area contributed by atoms with Crippen molar-refractivity contribution in [2.45, 2.75) is 46.1 Å². The zero-order chi connectivity index (χ0) is 20.6. The Morgan fingerprint density at radius 1 is 1.07 bits per heavy atom. The number of carbonyl (C=O) groups is 1. The van der Waals surface area contributed by atoms with Gasteiger partial charge in [-0.1, -0.05) is 79.5 Å². The number of esters is 1. The molecule has 0 aromatic heterocycles. The Hall–Kier alpha value is -1.77. The summed E-state index contributed by atoms with van der Waals surface area (Å²) in [5.41, 5.74) is 6.22. The van der Waals surface area contributed by atoms with Crippen LogP contribution < -0.4 is 0 Å². The number of carbonyl (C=O) groups excluding carboxylic acids is 1. The van der Waals surface area contributed by atoms with Gasteiger partial charge in [-0.25, -0.2) is 0 Å². The van der Waals surface area contributed by atoms with Gasteiger partial charge in [0.2, 0.25) is 0 Å². The number of benzene rings is 2. The van der Waals surface area contributed by atoms with Gasteiger partial charge in [0.25, 0.3) is 0 Å². The second kappa shape index (κ2) is 8.16. The standard InChI is InChI=1S/C25H26Cl2O2/c1-25(2)21(14-22(26)27)23(25)24(28)29-15-17-10-7-13-20-18-11-5-3-8-16(18)9-4-6-12-19(17)20/h3,5,7-8,10-11,13-14,21,23H,4,6,9,12,15H2,1-2H3/t21-,23-/m0/s1. The molecule has 2 aliphatic carbocycles. The van der Waals surface area contributed by atoms with Crippen molar-refractivity contribution in [2.24, 2.45) is 17.3 Å². The summed E-state index contributed by atoms with van der Waals surface area (Å²) in [4.78, 5) is 12.7. The highest BCUT2D eigenvalue weighted by molar-refractivity contribution is 6.55. The minimum Gasteiger partial charge on any atom is -0.461 e. The first kappa shape index (κ1) is 20.5. The molecule has 0 bridgehead atoms. The van der Waals surface area contributed by atoms with E-state index in [0.29, 0.717) is 6.61 Å². The predicted octanol–water partition coefficient (Wildman–Crippen LogP) is 6.87. The molecule has 1 fully saturated rings. The van der Waals surface area contributed by atoms with Gasteiger partial charge >= 0.3 is 5.97 Å². The SMILES string of the molecule is CC1(C)[C@H](C(=O)OCc2cccc3c2CCCCc2ccccc2-3)[C@@H]1C=C(Cl)Cl. The third-order valence-corrected chi connectivity index (χ3v) is 6.80. The summed E-state index contributed by atoms with van der Waals surface area (Å²) in [6, 6.07) is 15.0. The molecule has 4 rings (SSSR count). The fraction of sp³-hybridized carbons (Fsp3) is 0.400. The van der Waals surface area contributed by atoms with Crippen LogP contribution in [0.3, 0.4) is 0 Å². The van der Waals surface area contributed by atoms with E-state index in [1.807, 2.05) is 13.8 Å². The summed E-state index contributed by atoms with van der Waals surface area (Å²) in [5, 5.41) is 0. The summed E-state index contributed by atoms with van der Waals surface area (Å²) in [6.07, 6.45) is 6.20. The first-order valence-corrected chi connectivity index (χ1v) is 11.0. The van der Waals surface area contributed by atoms with Gasteiger partial charge in [0.05, 0.1) is 5.92 Å². The van der Waals surface area contributed by atoms with E-state index >= 15 is 0 Å².